The van der Waals surface area contributed by atoms with Crippen LogP contribution in [-0.2, 0) is 18.3 Å². The highest BCUT2D eigenvalue weighted by Gasteiger charge is 2.16. The van der Waals surface area contributed by atoms with Crippen molar-refractivity contribution in [2.75, 3.05) is 7.11 Å². The van der Waals surface area contributed by atoms with E-state index in [1.54, 1.807) is 17.7 Å². The number of aromatic nitrogens is 2. The van der Waals surface area contributed by atoms with Crippen molar-refractivity contribution in [3.05, 3.63) is 41.1 Å². The highest BCUT2D eigenvalue weighted by atomic mass is 16.5. The van der Waals surface area contributed by atoms with Gasteiger partial charge in [0.15, 0.2) is 0 Å². The zero-order chi connectivity index (χ0) is 14.7. The van der Waals surface area contributed by atoms with Gasteiger partial charge in [-0.2, -0.15) is 5.10 Å². The largest absolute Gasteiger partial charge is 0.465 e. The van der Waals surface area contributed by atoms with E-state index in [-0.39, 0.29) is 12.0 Å². The second kappa shape index (κ2) is 5.92. The van der Waals surface area contributed by atoms with Crippen molar-refractivity contribution in [2.45, 2.75) is 26.4 Å². The van der Waals surface area contributed by atoms with E-state index in [9.17, 15) is 4.79 Å². The van der Waals surface area contributed by atoms with Gasteiger partial charge < -0.3 is 14.5 Å². The second-order valence-electron chi connectivity index (χ2n) is 4.72. The molecule has 0 aliphatic rings. The molecule has 20 heavy (non-hydrogen) atoms. The van der Waals surface area contributed by atoms with Crippen LogP contribution in [0.5, 0.6) is 0 Å². The number of ether oxygens (including phenoxy) is 1. The first-order valence-corrected chi connectivity index (χ1v) is 6.40. The summed E-state index contributed by atoms with van der Waals surface area (Å²) in [6.07, 6.45) is 3.79. The minimum absolute atomic E-state index is 0.149. The summed E-state index contributed by atoms with van der Waals surface area (Å²) < 4.78 is 12.0. The summed E-state index contributed by atoms with van der Waals surface area (Å²) >= 11 is 0. The lowest BCUT2D eigenvalue weighted by atomic mass is 10.2. The van der Waals surface area contributed by atoms with Gasteiger partial charge in [-0.25, -0.2) is 4.79 Å². The van der Waals surface area contributed by atoms with Gasteiger partial charge in [-0.05, 0) is 19.9 Å². The molecule has 1 atom stereocenters. The topological polar surface area (TPSA) is 69.3 Å². The van der Waals surface area contributed by atoms with Gasteiger partial charge in [0.2, 0.25) is 0 Å². The number of esters is 1. The fraction of sp³-hybridized carbons (Fsp3) is 0.429. The van der Waals surface area contributed by atoms with Crippen molar-refractivity contribution < 1.29 is 13.9 Å². The maximum atomic E-state index is 11.5. The van der Waals surface area contributed by atoms with E-state index in [1.807, 2.05) is 26.4 Å². The summed E-state index contributed by atoms with van der Waals surface area (Å²) in [5.74, 6) is 0.902. The van der Waals surface area contributed by atoms with Gasteiger partial charge in [-0.1, -0.05) is 0 Å². The highest BCUT2D eigenvalue weighted by molar-refractivity contribution is 5.90. The lowest BCUT2D eigenvalue weighted by Gasteiger charge is -2.10. The molecule has 0 aromatic carbocycles. The molecule has 0 aliphatic carbocycles. The van der Waals surface area contributed by atoms with Crippen molar-refractivity contribution in [3.8, 4) is 0 Å². The smallest absolute Gasteiger partial charge is 0.341 e. The van der Waals surface area contributed by atoms with Crippen LogP contribution in [0.3, 0.4) is 0 Å². The van der Waals surface area contributed by atoms with Crippen LogP contribution in [0.15, 0.2) is 22.9 Å². The molecule has 0 saturated carbocycles. The molecule has 0 radical (unpaired) electrons. The normalized spacial score (nSPS) is 12.4. The van der Waals surface area contributed by atoms with Gasteiger partial charge in [0, 0.05) is 24.8 Å². The lowest BCUT2D eigenvalue weighted by Crippen LogP contribution is -2.17. The Labute approximate surface area is 117 Å². The van der Waals surface area contributed by atoms with Crippen molar-refractivity contribution >= 4 is 5.97 Å². The van der Waals surface area contributed by atoms with E-state index in [2.05, 4.69) is 10.4 Å². The third kappa shape index (κ3) is 3.08. The van der Waals surface area contributed by atoms with E-state index in [4.69, 9.17) is 9.15 Å². The van der Waals surface area contributed by atoms with Crippen LogP contribution >= 0.6 is 0 Å². The van der Waals surface area contributed by atoms with E-state index in [0.717, 1.165) is 5.56 Å². The molecule has 2 rings (SSSR count). The van der Waals surface area contributed by atoms with Crippen LogP contribution < -0.4 is 5.32 Å². The Hall–Kier alpha value is -2.08. The summed E-state index contributed by atoms with van der Waals surface area (Å²) in [4.78, 5) is 11.5. The molecule has 0 saturated heterocycles. The third-order valence-electron chi connectivity index (χ3n) is 3.18. The molecule has 2 heterocycles. The average Bonchev–Trinajstić information content (AvgIpc) is 3.01. The summed E-state index contributed by atoms with van der Waals surface area (Å²) in [6, 6.07) is 1.86. The summed E-state index contributed by atoms with van der Waals surface area (Å²) in [5, 5.41) is 7.46. The SMILES string of the molecule is COC(=O)c1cc(CN[C@H](C)c2cnn(C)c2)oc1C. The number of nitrogens with zero attached hydrogens (tertiary/aromatic N) is 2. The number of rotatable bonds is 5. The monoisotopic (exact) mass is 277 g/mol. The average molecular weight is 277 g/mol. The predicted octanol–water partition coefficient (Wildman–Crippen LogP) is 1.96. The Morgan fingerprint density at radius 3 is 2.95 bits per heavy atom. The molecular weight excluding hydrogens is 258 g/mol. The van der Waals surface area contributed by atoms with Crippen LogP contribution in [0, 0.1) is 6.92 Å². The van der Waals surface area contributed by atoms with Crippen LogP contribution in [0.4, 0.5) is 0 Å². The molecular formula is C14H19N3O3. The summed E-state index contributed by atoms with van der Waals surface area (Å²) in [7, 11) is 3.24. The molecule has 6 heteroatoms. The number of carbonyl (C=O) groups is 1. The minimum atomic E-state index is -0.377. The Morgan fingerprint density at radius 1 is 1.60 bits per heavy atom. The first-order valence-electron chi connectivity index (χ1n) is 6.40. The quantitative estimate of drug-likeness (QED) is 0.846. The Morgan fingerprint density at radius 2 is 2.35 bits per heavy atom. The molecule has 2 aromatic rings. The number of furan rings is 1. The van der Waals surface area contributed by atoms with E-state index in [0.29, 0.717) is 23.6 Å². The number of nitrogens with one attached hydrogen (secondary N) is 1. The highest BCUT2D eigenvalue weighted by Crippen LogP contribution is 2.17. The van der Waals surface area contributed by atoms with E-state index >= 15 is 0 Å². The fourth-order valence-electron chi connectivity index (χ4n) is 1.98. The standard InChI is InChI=1S/C14H19N3O3/c1-9(11-6-16-17(3)8-11)15-7-12-5-13(10(2)20-12)14(18)19-4/h5-6,8-9,15H,7H2,1-4H3/t9-/m1/s1. The van der Waals surface area contributed by atoms with Crippen LogP contribution in [0.2, 0.25) is 0 Å². The Bertz CT molecular complexity index is 601. The van der Waals surface area contributed by atoms with Crippen LogP contribution in [0.1, 0.15) is 40.4 Å². The van der Waals surface area contributed by atoms with Crippen molar-refractivity contribution in [3.63, 3.8) is 0 Å². The van der Waals surface area contributed by atoms with Crippen LogP contribution in [0.25, 0.3) is 0 Å². The van der Waals surface area contributed by atoms with E-state index in [1.165, 1.54) is 7.11 Å². The molecule has 6 nitrogen and oxygen atoms in total. The molecule has 0 fully saturated rings. The second-order valence-corrected chi connectivity index (χ2v) is 4.72. The first-order chi connectivity index (χ1) is 9.51. The predicted molar refractivity (Wildman–Crippen MR) is 73.2 cm³/mol. The molecule has 0 aliphatic heterocycles. The summed E-state index contributed by atoms with van der Waals surface area (Å²) in [5.41, 5.74) is 1.57. The fourth-order valence-corrected chi connectivity index (χ4v) is 1.98. The van der Waals surface area contributed by atoms with Crippen molar-refractivity contribution in [1.29, 1.82) is 0 Å². The van der Waals surface area contributed by atoms with Gasteiger partial charge in [0.25, 0.3) is 0 Å². The molecule has 0 unspecified atom stereocenters. The number of carbonyl (C=O) groups excluding carboxylic acids is 1. The van der Waals surface area contributed by atoms with Gasteiger partial charge in [0.05, 0.1) is 19.9 Å². The maximum Gasteiger partial charge on any atom is 0.341 e. The molecule has 0 spiro atoms. The van der Waals surface area contributed by atoms with Gasteiger partial charge in [-0.15, -0.1) is 0 Å². The molecule has 108 valence electrons. The zero-order valence-electron chi connectivity index (χ0n) is 12.1. The van der Waals surface area contributed by atoms with Gasteiger partial charge >= 0.3 is 5.97 Å². The molecule has 0 bridgehead atoms. The van der Waals surface area contributed by atoms with Crippen molar-refractivity contribution in [1.82, 2.24) is 15.1 Å². The summed E-state index contributed by atoms with van der Waals surface area (Å²) in [6.45, 7) is 4.34. The first kappa shape index (κ1) is 14.3. The van der Waals surface area contributed by atoms with Crippen LogP contribution in [-0.4, -0.2) is 22.9 Å². The molecule has 0 amide bonds. The lowest BCUT2D eigenvalue weighted by molar-refractivity contribution is 0.0599. The van der Waals surface area contributed by atoms with E-state index < -0.39 is 0 Å². The Kier molecular flexibility index (Phi) is 4.24. The number of aryl methyl sites for hydroxylation is 2. The zero-order valence-corrected chi connectivity index (χ0v) is 12.1. The number of hydrogen-bond donors (Lipinski definition) is 1. The van der Waals surface area contributed by atoms with Gasteiger partial charge in [0.1, 0.15) is 17.1 Å². The van der Waals surface area contributed by atoms with Crippen molar-refractivity contribution in [2.24, 2.45) is 7.05 Å². The number of methoxy groups -OCH3 is 1. The maximum absolute atomic E-state index is 11.5. The number of hydrogen-bond acceptors (Lipinski definition) is 5. The van der Waals surface area contributed by atoms with Gasteiger partial charge in [-0.3, -0.25) is 4.68 Å². The minimum Gasteiger partial charge on any atom is -0.465 e. The Balaban J connectivity index is 1.99. The molecule has 2 aromatic heterocycles. The molecule has 1 N–H and O–H groups in total. The third-order valence-corrected chi connectivity index (χ3v) is 3.18.